The van der Waals surface area contributed by atoms with E-state index in [2.05, 4.69) is 79.3 Å². The van der Waals surface area contributed by atoms with Crippen molar-refractivity contribution in [3.63, 3.8) is 0 Å². The maximum absolute atomic E-state index is 15.0. The van der Waals surface area contributed by atoms with Gasteiger partial charge in [-0.25, -0.2) is 8.78 Å². The Bertz CT molecular complexity index is 1460. The zero-order valence-electron chi connectivity index (χ0n) is 27.0. The van der Waals surface area contributed by atoms with Gasteiger partial charge >= 0.3 is 0 Å². The molecule has 5 nitrogen and oxygen atoms in total. The molecule has 4 N–H and O–H groups in total. The topological polar surface area (TPSA) is 58.2 Å². The highest BCUT2D eigenvalue weighted by Crippen LogP contribution is 2.42. The molecule has 0 fully saturated rings. The van der Waals surface area contributed by atoms with Crippen LogP contribution in [-0.4, -0.2) is 29.1 Å². The minimum Gasteiger partial charge on any atom is -0.403 e. The van der Waals surface area contributed by atoms with Gasteiger partial charge in [-0.2, -0.15) is 0 Å². The Kier molecular flexibility index (Phi) is 11.6. The van der Waals surface area contributed by atoms with Crippen LogP contribution in [0.15, 0.2) is 110 Å². The first-order valence-electron chi connectivity index (χ1n) is 15.1. The van der Waals surface area contributed by atoms with Gasteiger partial charge in [-0.05, 0) is 61.4 Å². The maximum atomic E-state index is 15.0. The first-order valence-corrected chi connectivity index (χ1v) is 15.1. The summed E-state index contributed by atoms with van der Waals surface area (Å²) in [7, 11) is 1.86. The van der Waals surface area contributed by atoms with Gasteiger partial charge in [0.25, 0.3) is 0 Å². The van der Waals surface area contributed by atoms with Gasteiger partial charge in [-0.15, -0.1) is 0 Å². The predicted octanol–water partition coefficient (Wildman–Crippen LogP) is 8.25. The molecule has 0 saturated carbocycles. The van der Waals surface area contributed by atoms with Crippen molar-refractivity contribution in [3.05, 3.63) is 133 Å². The second-order valence-electron chi connectivity index (χ2n) is 12.6. The number of halogens is 2. The first-order chi connectivity index (χ1) is 20.7. The Labute approximate surface area is 262 Å². The SMILES string of the molecule is C=C(N)CCC(=C)NC(CCN(C(=C)C)C(c1cc(-c2cc(F)ccc2F)cn1Cc1ccccc1)C(C)(C)C)C(=C)NC. The standard InChI is InChI=1S/C37H49F2N5/c1-25(2)44(20-19-34(28(5)41-9)42-27(4)16-15-26(3)40)36(37(6,7)8)35-21-30(32-22-31(38)17-18-33(32)39)24-43(35)23-29-13-11-10-12-14-29/h10-14,17-18,21-22,24,34,36,41-42H,1,3-5,15-16,19-20,23,40H2,2,6-9H3. The summed E-state index contributed by atoms with van der Waals surface area (Å²) in [5.41, 5.74) is 11.7. The van der Waals surface area contributed by atoms with E-state index < -0.39 is 11.6 Å². The number of nitrogens with two attached hydrogens (primary N) is 1. The van der Waals surface area contributed by atoms with E-state index in [4.69, 9.17) is 5.73 Å². The van der Waals surface area contributed by atoms with Gasteiger partial charge < -0.3 is 25.8 Å². The average molecular weight is 602 g/mol. The number of nitrogens with zero attached hydrogens (tertiary/aromatic N) is 2. The van der Waals surface area contributed by atoms with E-state index in [9.17, 15) is 4.39 Å². The zero-order valence-corrected chi connectivity index (χ0v) is 27.0. The third kappa shape index (κ3) is 9.12. The second kappa shape index (κ2) is 15.0. The van der Waals surface area contributed by atoms with Crippen LogP contribution in [-0.2, 0) is 6.54 Å². The van der Waals surface area contributed by atoms with E-state index in [0.717, 1.165) is 34.4 Å². The van der Waals surface area contributed by atoms with Crippen molar-refractivity contribution in [1.82, 2.24) is 20.1 Å². The number of hydrogen-bond acceptors (Lipinski definition) is 4. The number of likely N-dealkylation sites (N-methyl/N-ethyl adjacent to an activating group) is 1. The molecule has 44 heavy (non-hydrogen) atoms. The predicted molar refractivity (Wildman–Crippen MR) is 180 cm³/mol. The molecule has 0 radical (unpaired) electrons. The van der Waals surface area contributed by atoms with Crippen LogP contribution in [0.25, 0.3) is 11.1 Å². The molecule has 0 amide bonds. The number of hydrogen-bond donors (Lipinski definition) is 3. The molecule has 1 aromatic heterocycles. The van der Waals surface area contributed by atoms with Crippen molar-refractivity contribution in [2.45, 2.75) is 65.6 Å². The fourth-order valence-corrected chi connectivity index (χ4v) is 5.56. The molecule has 0 aliphatic carbocycles. The number of allylic oxidation sites excluding steroid dienone is 3. The Hall–Kier alpha value is -4.26. The van der Waals surface area contributed by atoms with Crippen LogP contribution >= 0.6 is 0 Å². The van der Waals surface area contributed by atoms with E-state index in [0.29, 0.717) is 43.6 Å². The van der Waals surface area contributed by atoms with Gasteiger partial charge in [0.15, 0.2) is 0 Å². The summed E-state index contributed by atoms with van der Waals surface area (Å²) in [6, 6.07) is 15.5. The summed E-state index contributed by atoms with van der Waals surface area (Å²) >= 11 is 0. The molecular weight excluding hydrogens is 552 g/mol. The molecule has 1 heterocycles. The molecule has 3 aromatic rings. The molecule has 0 aliphatic rings. The summed E-state index contributed by atoms with van der Waals surface area (Å²) < 4.78 is 31.5. The lowest BCUT2D eigenvalue weighted by molar-refractivity contribution is 0.123. The van der Waals surface area contributed by atoms with Gasteiger partial charge in [-0.3, -0.25) is 0 Å². The highest BCUT2D eigenvalue weighted by molar-refractivity contribution is 5.65. The Balaban J connectivity index is 2.06. The highest BCUT2D eigenvalue weighted by atomic mass is 19.1. The van der Waals surface area contributed by atoms with Crippen molar-refractivity contribution in [3.8, 4) is 11.1 Å². The van der Waals surface area contributed by atoms with Crippen molar-refractivity contribution in [1.29, 1.82) is 0 Å². The van der Waals surface area contributed by atoms with Crippen LogP contribution in [0.5, 0.6) is 0 Å². The van der Waals surface area contributed by atoms with Gasteiger partial charge in [-0.1, -0.05) is 77.4 Å². The number of rotatable bonds is 16. The van der Waals surface area contributed by atoms with Crippen LogP contribution in [0.2, 0.25) is 0 Å². The summed E-state index contributed by atoms with van der Waals surface area (Å²) in [4.78, 5) is 2.31. The van der Waals surface area contributed by atoms with Crippen LogP contribution in [0.1, 0.15) is 64.3 Å². The molecule has 0 aliphatic heterocycles. The summed E-state index contributed by atoms with van der Waals surface area (Å²) in [6.07, 6.45) is 3.98. The minimum atomic E-state index is -0.477. The molecule has 0 bridgehead atoms. The largest absolute Gasteiger partial charge is 0.403 e. The first kappa shape index (κ1) is 34.2. The Morgan fingerprint density at radius 3 is 2.27 bits per heavy atom. The molecule has 2 aromatic carbocycles. The fourth-order valence-electron chi connectivity index (χ4n) is 5.56. The van der Waals surface area contributed by atoms with Crippen LogP contribution < -0.4 is 16.4 Å². The molecule has 236 valence electrons. The lowest BCUT2D eigenvalue weighted by Crippen LogP contribution is -2.41. The number of nitrogens with one attached hydrogen (secondary N) is 2. The quantitative estimate of drug-likeness (QED) is 0.155. The van der Waals surface area contributed by atoms with Crippen LogP contribution in [0.3, 0.4) is 0 Å². The van der Waals surface area contributed by atoms with Crippen LogP contribution in [0.4, 0.5) is 8.78 Å². The molecule has 2 atom stereocenters. The average Bonchev–Trinajstić information content (AvgIpc) is 3.36. The Morgan fingerprint density at radius 2 is 1.68 bits per heavy atom. The van der Waals surface area contributed by atoms with Gasteiger partial charge in [0.1, 0.15) is 11.6 Å². The molecule has 0 spiro atoms. The van der Waals surface area contributed by atoms with Gasteiger partial charge in [0.2, 0.25) is 0 Å². The van der Waals surface area contributed by atoms with E-state index in [1.54, 1.807) is 0 Å². The van der Waals surface area contributed by atoms with E-state index in [1.807, 2.05) is 44.4 Å². The zero-order chi connectivity index (χ0) is 32.6. The van der Waals surface area contributed by atoms with E-state index >= 15 is 4.39 Å². The Morgan fingerprint density at radius 1 is 1.00 bits per heavy atom. The lowest BCUT2D eigenvalue weighted by atomic mass is 9.82. The molecule has 2 unspecified atom stereocenters. The van der Waals surface area contributed by atoms with Crippen molar-refractivity contribution >= 4 is 0 Å². The molecule has 7 heteroatoms. The minimum absolute atomic E-state index is 0.0888. The van der Waals surface area contributed by atoms with Crippen molar-refractivity contribution in [2.24, 2.45) is 11.1 Å². The third-order valence-corrected chi connectivity index (χ3v) is 7.79. The lowest BCUT2D eigenvalue weighted by Gasteiger charge is -2.43. The van der Waals surface area contributed by atoms with Gasteiger partial charge in [0.05, 0.1) is 12.1 Å². The van der Waals surface area contributed by atoms with E-state index in [-0.39, 0.29) is 23.1 Å². The van der Waals surface area contributed by atoms with Gasteiger partial charge in [0, 0.05) is 65.9 Å². The number of aromatic nitrogens is 1. The second-order valence-corrected chi connectivity index (χ2v) is 12.6. The van der Waals surface area contributed by atoms with Crippen molar-refractivity contribution in [2.75, 3.05) is 13.6 Å². The molecule has 0 saturated heterocycles. The monoisotopic (exact) mass is 601 g/mol. The molecular formula is C37H49F2N5. The maximum Gasteiger partial charge on any atom is 0.131 e. The highest BCUT2D eigenvalue weighted by Gasteiger charge is 2.35. The third-order valence-electron chi connectivity index (χ3n) is 7.79. The smallest absolute Gasteiger partial charge is 0.131 e. The number of benzene rings is 2. The summed E-state index contributed by atoms with van der Waals surface area (Å²) in [5.74, 6) is -0.938. The summed E-state index contributed by atoms with van der Waals surface area (Å²) in [5, 5.41) is 6.72. The fraction of sp³-hybridized carbons (Fsp3) is 0.351. The van der Waals surface area contributed by atoms with Crippen molar-refractivity contribution < 1.29 is 8.78 Å². The summed E-state index contributed by atoms with van der Waals surface area (Å²) in [6.45, 7) is 26.4. The molecule has 3 rings (SSSR count). The van der Waals surface area contributed by atoms with E-state index in [1.165, 1.54) is 12.1 Å². The van der Waals surface area contributed by atoms with Crippen LogP contribution in [0, 0.1) is 17.0 Å². The normalized spacial score (nSPS) is 12.7.